The summed E-state index contributed by atoms with van der Waals surface area (Å²) in [7, 11) is 0. The smallest absolute Gasteiger partial charge is 0.113 e. The molecule has 0 aliphatic rings. The van der Waals surface area contributed by atoms with Gasteiger partial charge in [0.15, 0.2) is 0 Å². The zero-order valence-corrected chi connectivity index (χ0v) is 10.2. The number of anilines is 1. The van der Waals surface area contributed by atoms with Gasteiger partial charge >= 0.3 is 0 Å². The van der Waals surface area contributed by atoms with Crippen LogP contribution in [0.5, 0.6) is 0 Å². The number of halogens is 3. The number of nitrogens with one attached hydrogen (secondary N) is 1. The molecule has 0 saturated carbocycles. The monoisotopic (exact) mass is 266 g/mol. The first kappa shape index (κ1) is 12.6. The Bertz CT molecular complexity index is 347. The van der Waals surface area contributed by atoms with Crippen LogP contribution in [0.15, 0.2) is 12.1 Å². The number of hydroxylamine groups is 1. The molecule has 82 valence electrons. The molecule has 3 nitrogen and oxygen atoms in total. The van der Waals surface area contributed by atoms with Crippen molar-refractivity contribution in [3.8, 4) is 0 Å². The fourth-order valence-corrected chi connectivity index (χ4v) is 2.03. The van der Waals surface area contributed by atoms with Gasteiger partial charge in [-0.25, -0.2) is 5.06 Å². The van der Waals surface area contributed by atoms with E-state index >= 15 is 0 Å². The summed E-state index contributed by atoms with van der Waals surface area (Å²) < 4.78 is 0. The van der Waals surface area contributed by atoms with Crippen molar-refractivity contribution in [2.24, 2.45) is 0 Å². The Morgan fingerprint density at radius 2 is 1.87 bits per heavy atom. The van der Waals surface area contributed by atoms with E-state index in [1.807, 2.05) is 0 Å². The maximum atomic E-state index is 7.17. The van der Waals surface area contributed by atoms with E-state index in [0.717, 1.165) is 6.34 Å². The van der Waals surface area contributed by atoms with Gasteiger partial charge in [-0.1, -0.05) is 34.8 Å². The molecule has 1 rings (SSSR count). The van der Waals surface area contributed by atoms with Gasteiger partial charge in [0.2, 0.25) is 0 Å². The third kappa shape index (κ3) is 2.98. The van der Waals surface area contributed by atoms with E-state index in [-0.39, 0.29) is 0 Å². The topological polar surface area (TPSA) is 36.3 Å². The molecule has 0 spiro atoms. The van der Waals surface area contributed by atoms with E-state index < -0.39 is 0 Å². The number of hydrogen-bond acceptors (Lipinski definition) is 2. The van der Waals surface area contributed by atoms with Crippen molar-refractivity contribution >= 4 is 46.8 Å². The summed E-state index contributed by atoms with van der Waals surface area (Å²) in [6.45, 7) is 2.21. The highest BCUT2D eigenvalue weighted by molar-refractivity contribution is 6.42. The Hall–Kier alpha value is -0.480. The van der Waals surface area contributed by atoms with Crippen LogP contribution >= 0.6 is 34.8 Å². The molecule has 0 aromatic heterocycles. The summed E-state index contributed by atoms with van der Waals surface area (Å²) in [5.41, 5.74) is 0.416. The van der Waals surface area contributed by atoms with Crippen LogP contribution in [0, 0.1) is 5.41 Å². The van der Waals surface area contributed by atoms with Crippen LogP contribution in [0.1, 0.15) is 6.92 Å². The first-order valence-electron chi connectivity index (χ1n) is 4.17. The van der Waals surface area contributed by atoms with E-state index in [9.17, 15) is 0 Å². The third-order valence-corrected chi connectivity index (χ3v) is 2.38. The van der Waals surface area contributed by atoms with Crippen LogP contribution < -0.4 is 5.06 Å². The zero-order valence-electron chi connectivity index (χ0n) is 7.93. The highest BCUT2D eigenvalue weighted by atomic mass is 35.5. The minimum absolute atomic E-state index is 0.337. The molecule has 0 aliphatic heterocycles. The maximum absolute atomic E-state index is 7.17. The highest BCUT2D eigenvalue weighted by Crippen LogP contribution is 2.36. The predicted molar refractivity (Wildman–Crippen MR) is 64.4 cm³/mol. The SMILES string of the molecule is CCON(C=N)c1c(Cl)cc(Cl)cc1Cl. The first-order chi connectivity index (χ1) is 7.10. The van der Waals surface area contributed by atoms with Crippen LogP contribution in [-0.4, -0.2) is 12.9 Å². The molecule has 0 amide bonds. The van der Waals surface area contributed by atoms with Gasteiger partial charge in [0.1, 0.15) is 12.0 Å². The Kier molecular flexibility index (Phi) is 4.67. The molecule has 0 aliphatic carbocycles. The van der Waals surface area contributed by atoms with Gasteiger partial charge in [-0.15, -0.1) is 0 Å². The summed E-state index contributed by atoms with van der Waals surface area (Å²) in [4.78, 5) is 5.16. The molecule has 0 unspecified atom stereocenters. The summed E-state index contributed by atoms with van der Waals surface area (Å²) in [6.07, 6.45) is 0.991. The molecule has 0 bridgehead atoms. The molecule has 0 saturated heterocycles. The van der Waals surface area contributed by atoms with Gasteiger partial charge in [0.25, 0.3) is 0 Å². The summed E-state index contributed by atoms with van der Waals surface area (Å²) in [5.74, 6) is 0. The number of rotatable bonds is 4. The molecular weight excluding hydrogens is 258 g/mol. The molecule has 6 heteroatoms. The number of benzene rings is 1. The average molecular weight is 268 g/mol. The predicted octanol–water partition coefficient (Wildman–Crippen LogP) is 4.01. The van der Waals surface area contributed by atoms with Crippen molar-refractivity contribution < 1.29 is 4.84 Å². The molecule has 1 aromatic rings. The van der Waals surface area contributed by atoms with Crippen LogP contribution in [0.25, 0.3) is 0 Å². The molecule has 0 fully saturated rings. The maximum Gasteiger partial charge on any atom is 0.113 e. The molecule has 15 heavy (non-hydrogen) atoms. The normalized spacial score (nSPS) is 10.1. The van der Waals surface area contributed by atoms with Crippen LogP contribution in [0.2, 0.25) is 15.1 Å². The van der Waals surface area contributed by atoms with Crippen LogP contribution in [0.4, 0.5) is 5.69 Å². The van der Waals surface area contributed by atoms with Crippen molar-refractivity contribution in [2.75, 3.05) is 11.7 Å². The fraction of sp³-hybridized carbons (Fsp3) is 0.222. The van der Waals surface area contributed by atoms with Gasteiger partial charge in [0, 0.05) is 5.02 Å². The minimum Gasteiger partial charge on any atom is -0.289 e. The molecule has 0 atom stereocenters. The summed E-state index contributed by atoms with van der Waals surface area (Å²) >= 11 is 17.7. The second-order valence-corrected chi connectivity index (χ2v) is 3.84. The minimum atomic E-state index is 0.337. The van der Waals surface area contributed by atoms with E-state index in [4.69, 9.17) is 45.0 Å². The largest absolute Gasteiger partial charge is 0.289 e. The van der Waals surface area contributed by atoms with E-state index in [0.29, 0.717) is 27.4 Å². The average Bonchev–Trinajstić information content (AvgIpc) is 2.14. The van der Waals surface area contributed by atoms with Crippen molar-refractivity contribution in [1.29, 1.82) is 5.41 Å². The number of hydrogen-bond donors (Lipinski definition) is 1. The van der Waals surface area contributed by atoms with Gasteiger partial charge < -0.3 is 0 Å². The standard InChI is InChI=1S/C9H9Cl3N2O/c1-2-15-14(5-13)9-7(11)3-6(10)4-8(9)12/h3-5,13H,2H2,1H3. The quantitative estimate of drug-likeness (QED) is 0.508. The van der Waals surface area contributed by atoms with E-state index in [1.54, 1.807) is 19.1 Å². The Morgan fingerprint density at radius 1 is 1.33 bits per heavy atom. The zero-order chi connectivity index (χ0) is 11.4. The lowest BCUT2D eigenvalue weighted by atomic mass is 10.3. The van der Waals surface area contributed by atoms with E-state index in [2.05, 4.69) is 0 Å². The van der Waals surface area contributed by atoms with Crippen LogP contribution in [-0.2, 0) is 4.84 Å². The second kappa shape index (κ2) is 5.56. The van der Waals surface area contributed by atoms with Gasteiger partial charge in [-0.05, 0) is 19.1 Å². The van der Waals surface area contributed by atoms with Crippen molar-refractivity contribution in [1.82, 2.24) is 0 Å². The van der Waals surface area contributed by atoms with Crippen molar-refractivity contribution in [3.05, 3.63) is 27.2 Å². The fourth-order valence-electron chi connectivity index (χ4n) is 1.05. The molecular formula is C9H9Cl3N2O. The Morgan fingerprint density at radius 3 is 2.27 bits per heavy atom. The summed E-state index contributed by atoms with van der Waals surface area (Å²) in [5, 5.41) is 9.48. The first-order valence-corrected chi connectivity index (χ1v) is 5.30. The van der Waals surface area contributed by atoms with Gasteiger partial charge in [0.05, 0.1) is 16.7 Å². The molecule has 1 aromatic carbocycles. The lowest BCUT2D eigenvalue weighted by Gasteiger charge is -2.19. The Labute approximate surface area is 103 Å². The molecule has 0 heterocycles. The van der Waals surface area contributed by atoms with Gasteiger partial charge in [-0.3, -0.25) is 10.2 Å². The van der Waals surface area contributed by atoms with Crippen molar-refractivity contribution in [3.63, 3.8) is 0 Å². The van der Waals surface area contributed by atoms with Gasteiger partial charge in [-0.2, -0.15) is 0 Å². The highest BCUT2D eigenvalue weighted by Gasteiger charge is 2.14. The van der Waals surface area contributed by atoms with E-state index in [1.165, 1.54) is 5.06 Å². The number of nitrogens with zero attached hydrogens (tertiary/aromatic N) is 1. The lowest BCUT2D eigenvalue weighted by Crippen LogP contribution is -2.21. The lowest BCUT2D eigenvalue weighted by molar-refractivity contribution is 0.159. The third-order valence-electron chi connectivity index (χ3n) is 1.59. The molecule has 1 N–H and O–H groups in total. The van der Waals surface area contributed by atoms with Crippen molar-refractivity contribution in [2.45, 2.75) is 6.92 Å². The Balaban J connectivity index is 3.16. The van der Waals surface area contributed by atoms with Crippen LogP contribution in [0.3, 0.4) is 0 Å². The second-order valence-electron chi connectivity index (χ2n) is 2.59. The molecule has 0 radical (unpaired) electrons. The summed E-state index contributed by atoms with van der Waals surface area (Å²) in [6, 6.07) is 3.08.